The average Bonchev–Trinajstić information content (AvgIpc) is 2.81. The highest BCUT2D eigenvalue weighted by atomic mass is 16.2. The summed E-state index contributed by atoms with van der Waals surface area (Å²) in [5.74, 6) is -0.807. The van der Waals surface area contributed by atoms with Crippen LogP contribution in [0, 0.1) is 6.92 Å². The van der Waals surface area contributed by atoms with E-state index in [-0.39, 0.29) is 17.0 Å². The lowest BCUT2D eigenvalue weighted by molar-refractivity contribution is 0.0883. The fourth-order valence-electron chi connectivity index (χ4n) is 1.96. The number of aromatic amines is 1. The molecule has 7 nitrogen and oxygen atoms in total. The maximum atomic E-state index is 12.1. The minimum Gasteiger partial charge on any atom is -0.267 e. The first-order valence-electron chi connectivity index (χ1n) is 5.23. The maximum Gasteiger partial charge on any atom is 0.363 e. The minimum atomic E-state index is -0.623. The molecule has 0 radical (unpaired) electrons. The maximum absolute atomic E-state index is 12.1. The number of hydrogen-bond acceptors (Lipinski definition) is 4. The summed E-state index contributed by atoms with van der Waals surface area (Å²) in [6, 6.07) is 6.43. The van der Waals surface area contributed by atoms with Gasteiger partial charge in [-0.05, 0) is 19.1 Å². The first kappa shape index (κ1) is 10.5. The van der Waals surface area contributed by atoms with Gasteiger partial charge >= 0.3 is 5.69 Å². The second kappa shape index (κ2) is 3.39. The zero-order valence-electron chi connectivity index (χ0n) is 9.38. The Morgan fingerprint density at radius 3 is 2.06 bits per heavy atom. The molecule has 1 aromatic carbocycles. The van der Waals surface area contributed by atoms with Crippen molar-refractivity contribution in [1.82, 2.24) is 14.9 Å². The number of H-pyrrole nitrogens is 1. The Hall–Kier alpha value is -2.70. The number of rotatable bonds is 1. The Morgan fingerprint density at radius 1 is 1.06 bits per heavy atom. The predicted molar refractivity (Wildman–Crippen MR) is 60.9 cm³/mol. The van der Waals surface area contributed by atoms with Crippen LogP contribution in [0.2, 0.25) is 0 Å². The van der Waals surface area contributed by atoms with E-state index in [0.29, 0.717) is 0 Å². The molecule has 1 aliphatic heterocycles. The molecule has 7 heteroatoms. The second-order valence-corrected chi connectivity index (χ2v) is 3.86. The van der Waals surface area contributed by atoms with Gasteiger partial charge < -0.3 is 0 Å². The van der Waals surface area contributed by atoms with Crippen molar-refractivity contribution in [1.29, 1.82) is 0 Å². The summed E-state index contributed by atoms with van der Waals surface area (Å²) >= 11 is 0. The van der Waals surface area contributed by atoms with E-state index >= 15 is 0 Å². The molecule has 18 heavy (non-hydrogen) atoms. The zero-order chi connectivity index (χ0) is 12.9. The molecule has 0 spiro atoms. The number of aromatic nitrogens is 3. The number of fused-ring (bicyclic) bond motifs is 1. The van der Waals surface area contributed by atoms with Crippen LogP contribution in [-0.4, -0.2) is 26.7 Å². The Labute approximate surface area is 101 Å². The van der Waals surface area contributed by atoms with E-state index in [1.165, 1.54) is 6.92 Å². The van der Waals surface area contributed by atoms with Crippen molar-refractivity contribution in [2.45, 2.75) is 6.92 Å². The van der Waals surface area contributed by atoms with E-state index in [4.69, 9.17) is 0 Å². The highest BCUT2D eigenvalue weighted by Gasteiger charge is 2.38. The van der Waals surface area contributed by atoms with E-state index in [0.717, 1.165) is 9.69 Å². The quantitative estimate of drug-likeness (QED) is 0.704. The highest BCUT2D eigenvalue weighted by molar-refractivity contribution is 6.30. The zero-order valence-corrected chi connectivity index (χ0v) is 9.38. The van der Waals surface area contributed by atoms with Crippen molar-refractivity contribution in [3.63, 3.8) is 0 Å². The van der Waals surface area contributed by atoms with Gasteiger partial charge in [-0.1, -0.05) is 12.1 Å². The summed E-state index contributed by atoms with van der Waals surface area (Å²) < 4.78 is 0.935. The van der Waals surface area contributed by atoms with Crippen LogP contribution in [0.3, 0.4) is 0 Å². The molecule has 0 unspecified atom stereocenters. The van der Waals surface area contributed by atoms with E-state index in [1.54, 1.807) is 24.3 Å². The molecule has 90 valence electrons. The summed E-state index contributed by atoms with van der Waals surface area (Å²) in [5.41, 5.74) is -0.0491. The van der Waals surface area contributed by atoms with Gasteiger partial charge in [0.25, 0.3) is 11.8 Å². The van der Waals surface area contributed by atoms with E-state index in [2.05, 4.69) is 10.2 Å². The van der Waals surface area contributed by atoms with Gasteiger partial charge in [-0.25, -0.2) is 9.89 Å². The fourth-order valence-corrected chi connectivity index (χ4v) is 1.96. The van der Waals surface area contributed by atoms with Crippen molar-refractivity contribution in [3.8, 4) is 0 Å². The number of carbonyl (C=O) groups excluding carboxylic acids is 2. The summed E-state index contributed by atoms with van der Waals surface area (Å²) in [4.78, 5) is 35.8. The van der Waals surface area contributed by atoms with Gasteiger partial charge in [0.2, 0.25) is 0 Å². The first-order valence-corrected chi connectivity index (χ1v) is 5.23. The number of amides is 2. The van der Waals surface area contributed by atoms with Gasteiger partial charge in [0.1, 0.15) is 0 Å². The molecule has 0 saturated carbocycles. The van der Waals surface area contributed by atoms with E-state index in [9.17, 15) is 14.4 Å². The third-order valence-corrected chi connectivity index (χ3v) is 2.78. The van der Waals surface area contributed by atoms with Crippen LogP contribution in [0.15, 0.2) is 29.1 Å². The van der Waals surface area contributed by atoms with Crippen LogP contribution >= 0.6 is 0 Å². The average molecular weight is 244 g/mol. The topological polar surface area (TPSA) is 88.1 Å². The van der Waals surface area contributed by atoms with Gasteiger partial charge in [-0.15, -0.1) is 0 Å². The van der Waals surface area contributed by atoms with Crippen molar-refractivity contribution in [2.24, 2.45) is 0 Å². The monoisotopic (exact) mass is 244 g/mol. The van der Waals surface area contributed by atoms with Gasteiger partial charge in [-0.2, -0.15) is 14.8 Å². The predicted octanol–water partition coefficient (Wildman–Crippen LogP) is -0.188. The van der Waals surface area contributed by atoms with Crippen LogP contribution in [0.25, 0.3) is 0 Å². The van der Waals surface area contributed by atoms with E-state index in [1.807, 2.05) is 0 Å². The largest absolute Gasteiger partial charge is 0.363 e. The van der Waals surface area contributed by atoms with Crippen LogP contribution in [0.1, 0.15) is 26.5 Å². The Balaban J connectivity index is 2.22. The summed E-state index contributed by atoms with van der Waals surface area (Å²) in [5, 5.41) is 6.66. The lowest BCUT2D eigenvalue weighted by atomic mass is 10.1. The molecule has 2 heterocycles. The second-order valence-electron chi connectivity index (χ2n) is 3.86. The standard InChI is InChI=1S/C11H8N4O3/c1-6-12-13-11(18)14(6)15-9(16)7-4-2-3-5-8(7)10(15)17/h2-5H,1H3,(H,13,18). The lowest BCUT2D eigenvalue weighted by Crippen LogP contribution is -2.45. The normalized spacial score (nSPS) is 14.2. The van der Waals surface area contributed by atoms with Gasteiger partial charge in [-0.3, -0.25) is 9.59 Å². The SMILES string of the molecule is Cc1n[nH]c(=O)n1N1C(=O)c2ccccc2C1=O. The number of hydrogen-bond donors (Lipinski definition) is 1. The molecular weight excluding hydrogens is 236 g/mol. The Morgan fingerprint density at radius 2 is 1.61 bits per heavy atom. The smallest absolute Gasteiger partial charge is 0.267 e. The molecule has 0 fully saturated rings. The number of nitrogens with one attached hydrogen (secondary N) is 1. The third-order valence-electron chi connectivity index (χ3n) is 2.78. The summed E-state index contributed by atoms with van der Waals surface area (Å²) in [7, 11) is 0. The van der Waals surface area contributed by atoms with Gasteiger partial charge in [0, 0.05) is 0 Å². The Bertz CT molecular complexity index is 693. The van der Waals surface area contributed by atoms with E-state index < -0.39 is 17.5 Å². The molecular formula is C11H8N4O3. The summed E-state index contributed by atoms with van der Waals surface area (Å²) in [6.45, 7) is 1.53. The van der Waals surface area contributed by atoms with Crippen molar-refractivity contribution >= 4 is 11.8 Å². The fraction of sp³-hybridized carbons (Fsp3) is 0.0909. The highest BCUT2D eigenvalue weighted by Crippen LogP contribution is 2.20. The summed E-state index contributed by atoms with van der Waals surface area (Å²) in [6.07, 6.45) is 0. The number of aryl methyl sites for hydroxylation is 1. The van der Waals surface area contributed by atoms with Crippen LogP contribution in [0.4, 0.5) is 0 Å². The molecule has 0 atom stereocenters. The lowest BCUT2D eigenvalue weighted by Gasteiger charge is -2.13. The molecule has 0 aliphatic carbocycles. The molecule has 0 bridgehead atoms. The molecule has 2 aromatic rings. The minimum absolute atomic E-state index is 0.245. The van der Waals surface area contributed by atoms with Gasteiger partial charge in [0.15, 0.2) is 5.82 Å². The van der Waals surface area contributed by atoms with Crippen molar-refractivity contribution in [3.05, 3.63) is 51.7 Å². The number of imide groups is 1. The third kappa shape index (κ3) is 1.18. The molecule has 1 N–H and O–H groups in total. The van der Waals surface area contributed by atoms with Crippen LogP contribution in [-0.2, 0) is 0 Å². The number of carbonyl (C=O) groups is 2. The van der Waals surface area contributed by atoms with Crippen LogP contribution < -0.4 is 10.7 Å². The first-order chi connectivity index (χ1) is 8.61. The van der Waals surface area contributed by atoms with Crippen LogP contribution in [0.5, 0.6) is 0 Å². The van der Waals surface area contributed by atoms with Gasteiger partial charge in [0.05, 0.1) is 11.1 Å². The molecule has 1 aliphatic rings. The molecule has 1 aromatic heterocycles. The van der Waals surface area contributed by atoms with Crippen molar-refractivity contribution in [2.75, 3.05) is 5.01 Å². The number of nitrogens with zero attached hydrogens (tertiary/aromatic N) is 3. The molecule has 0 saturated heterocycles. The van der Waals surface area contributed by atoms with Crippen molar-refractivity contribution < 1.29 is 9.59 Å². The molecule has 2 amide bonds. The number of benzene rings is 1. The molecule has 3 rings (SSSR count). The Kier molecular flexibility index (Phi) is 1.97.